The lowest BCUT2D eigenvalue weighted by Gasteiger charge is -2.30. The number of nitrogens with zero attached hydrogens (tertiary/aromatic N) is 1. The Morgan fingerprint density at radius 3 is 2.48 bits per heavy atom. The standard InChI is InChI=1S/C14H21NO4S2/c1-9(2)10(3)15(11-5-6-11)21(17,18)12-7-8-20-13(12)14(16)19-4/h7-11H,5-6H2,1-4H3. The molecule has 0 radical (unpaired) electrons. The molecule has 1 unspecified atom stereocenters. The van der Waals surface area contributed by atoms with E-state index in [-0.39, 0.29) is 27.8 Å². The van der Waals surface area contributed by atoms with Crippen LogP contribution in [-0.4, -0.2) is 37.9 Å². The molecule has 1 aliphatic carbocycles. The molecule has 1 aromatic heterocycles. The molecule has 1 heterocycles. The highest BCUT2D eigenvalue weighted by Crippen LogP contribution is 2.37. The van der Waals surface area contributed by atoms with Gasteiger partial charge in [0.1, 0.15) is 9.77 Å². The van der Waals surface area contributed by atoms with Gasteiger partial charge in [0.05, 0.1) is 7.11 Å². The van der Waals surface area contributed by atoms with Gasteiger partial charge in [0, 0.05) is 12.1 Å². The second-order valence-corrected chi connectivity index (χ2v) is 8.38. The normalized spacial score (nSPS) is 17.2. The molecule has 0 spiro atoms. The van der Waals surface area contributed by atoms with Crippen molar-refractivity contribution in [3.05, 3.63) is 16.3 Å². The van der Waals surface area contributed by atoms with Crippen LogP contribution in [0.25, 0.3) is 0 Å². The molecule has 1 fully saturated rings. The van der Waals surface area contributed by atoms with E-state index in [4.69, 9.17) is 0 Å². The van der Waals surface area contributed by atoms with Crippen LogP contribution in [-0.2, 0) is 14.8 Å². The third-order valence-corrected chi connectivity index (χ3v) is 6.93. The fraction of sp³-hybridized carbons (Fsp3) is 0.643. The molecule has 1 aromatic rings. The lowest BCUT2D eigenvalue weighted by molar-refractivity contribution is 0.0602. The highest BCUT2D eigenvalue weighted by atomic mass is 32.2. The third-order valence-electron chi connectivity index (χ3n) is 3.83. The number of carbonyl (C=O) groups is 1. The lowest BCUT2D eigenvalue weighted by atomic mass is 10.1. The fourth-order valence-electron chi connectivity index (χ4n) is 2.23. The molecule has 2 rings (SSSR count). The van der Waals surface area contributed by atoms with Crippen molar-refractivity contribution in [2.24, 2.45) is 5.92 Å². The lowest BCUT2D eigenvalue weighted by Crippen LogP contribution is -2.43. The van der Waals surface area contributed by atoms with Gasteiger partial charge >= 0.3 is 5.97 Å². The van der Waals surface area contributed by atoms with Gasteiger partial charge in [-0.2, -0.15) is 4.31 Å². The highest BCUT2D eigenvalue weighted by molar-refractivity contribution is 7.89. The van der Waals surface area contributed by atoms with E-state index in [0.717, 1.165) is 24.2 Å². The van der Waals surface area contributed by atoms with Crippen LogP contribution in [0.3, 0.4) is 0 Å². The van der Waals surface area contributed by atoms with Gasteiger partial charge in [-0.25, -0.2) is 13.2 Å². The van der Waals surface area contributed by atoms with Gasteiger partial charge in [-0.1, -0.05) is 13.8 Å². The zero-order valence-corrected chi connectivity index (χ0v) is 14.3. The Morgan fingerprint density at radius 1 is 1.38 bits per heavy atom. The summed E-state index contributed by atoms with van der Waals surface area (Å²) >= 11 is 1.10. The summed E-state index contributed by atoms with van der Waals surface area (Å²) in [7, 11) is -2.42. The monoisotopic (exact) mass is 331 g/mol. The first-order chi connectivity index (χ1) is 9.80. The van der Waals surface area contributed by atoms with Crippen LogP contribution in [0.5, 0.6) is 0 Å². The number of hydrogen-bond donors (Lipinski definition) is 0. The number of esters is 1. The molecule has 0 amide bonds. The number of thiophene rings is 1. The van der Waals surface area contributed by atoms with E-state index in [1.165, 1.54) is 13.2 Å². The number of rotatable bonds is 6. The van der Waals surface area contributed by atoms with Crippen LogP contribution in [0.15, 0.2) is 16.3 Å². The summed E-state index contributed by atoms with van der Waals surface area (Å²) in [5, 5.41) is 1.62. The third kappa shape index (κ3) is 3.14. The highest BCUT2D eigenvalue weighted by Gasteiger charge is 2.43. The largest absolute Gasteiger partial charge is 0.465 e. The minimum atomic E-state index is -3.68. The molecule has 118 valence electrons. The SMILES string of the molecule is COC(=O)c1sccc1S(=O)(=O)N(C1CC1)C(C)C(C)C. The Labute approximate surface area is 130 Å². The van der Waals surface area contributed by atoms with Gasteiger partial charge in [-0.15, -0.1) is 11.3 Å². The van der Waals surface area contributed by atoms with E-state index in [9.17, 15) is 13.2 Å². The van der Waals surface area contributed by atoms with Crippen molar-refractivity contribution in [3.8, 4) is 0 Å². The van der Waals surface area contributed by atoms with Crippen molar-refractivity contribution < 1.29 is 17.9 Å². The fourth-order valence-corrected chi connectivity index (χ4v) is 5.55. The number of carbonyl (C=O) groups excluding carboxylic acids is 1. The van der Waals surface area contributed by atoms with E-state index in [1.807, 2.05) is 20.8 Å². The van der Waals surface area contributed by atoms with Gasteiger partial charge in [-0.05, 0) is 37.1 Å². The molecule has 1 saturated carbocycles. The average Bonchev–Trinajstić information content (AvgIpc) is 3.11. The molecule has 1 aliphatic rings. The second-order valence-electron chi connectivity index (χ2n) is 5.66. The number of hydrogen-bond acceptors (Lipinski definition) is 5. The van der Waals surface area contributed by atoms with Gasteiger partial charge in [0.15, 0.2) is 0 Å². The summed E-state index contributed by atoms with van der Waals surface area (Å²) in [6.45, 7) is 5.93. The second kappa shape index (κ2) is 6.06. The van der Waals surface area contributed by atoms with Crippen LogP contribution in [0.1, 0.15) is 43.3 Å². The first-order valence-corrected chi connectivity index (χ1v) is 9.32. The van der Waals surface area contributed by atoms with Gasteiger partial charge < -0.3 is 4.74 Å². The maximum Gasteiger partial charge on any atom is 0.349 e. The number of ether oxygens (including phenoxy) is 1. The van der Waals surface area contributed by atoms with Gasteiger partial charge in [0.2, 0.25) is 10.0 Å². The van der Waals surface area contributed by atoms with Crippen molar-refractivity contribution in [3.63, 3.8) is 0 Å². The van der Waals surface area contributed by atoms with Crippen molar-refractivity contribution in [1.29, 1.82) is 0 Å². The molecular weight excluding hydrogens is 310 g/mol. The van der Waals surface area contributed by atoms with Crippen molar-refractivity contribution in [1.82, 2.24) is 4.31 Å². The van der Waals surface area contributed by atoms with Crippen molar-refractivity contribution in [2.45, 2.75) is 50.6 Å². The predicted octanol–water partition coefficient (Wildman–Crippen LogP) is 2.73. The summed E-state index contributed by atoms with van der Waals surface area (Å²) < 4.78 is 32.2. The van der Waals surface area contributed by atoms with Crippen LogP contribution < -0.4 is 0 Å². The zero-order valence-electron chi connectivity index (χ0n) is 12.7. The Hall–Kier alpha value is -0.920. The Kier molecular flexibility index (Phi) is 4.75. The maximum absolute atomic E-state index is 13.0. The summed E-state index contributed by atoms with van der Waals surface area (Å²) in [6, 6.07) is 1.44. The van der Waals surface area contributed by atoms with E-state index in [1.54, 1.807) is 9.69 Å². The Balaban J connectivity index is 2.45. The minimum Gasteiger partial charge on any atom is -0.465 e. The predicted molar refractivity (Wildman–Crippen MR) is 82.0 cm³/mol. The smallest absolute Gasteiger partial charge is 0.349 e. The van der Waals surface area contributed by atoms with Crippen LogP contribution in [0, 0.1) is 5.92 Å². The van der Waals surface area contributed by atoms with Crippen LogP contribution >= 0.6 is 11.3 Å². The summed E-state index contributed by atoms with van der Waals surface area (Å²) in [5.74, 6) is -0.392. The quantitative estimate of drug-likeness (QED) is 0.752. The maximum atomic E-state index is 13.0. The summed E-state index contributed by atoms with van der Waals surface area (Å²) in [5.41, 5.74) is 0. The molecule has 0 bridgehead atoms. The van der Waals surface area contributed by atoms with E-state index in [2.05, 4.69) is 4.74 Å². The van der Waals surface area contributed by atoms with Gasteiger partial charge in [0.25, 0.3) is 0 Å². The average molecular weight is 331 g/mol. The first kappa shape index (κ1) is 16.5. The topological polar surface area (TPSA) is 63.7 Å². The molecule has 5 nitrogen and oxygen atoms in total. The zero-order chi connectivity index (χ0) is 15.8. The van der Waals surface area contributed by atoms with Crippen molar-refractivity contribution >= 4 is 27.3 Å². The van der Waals surface area contributed by atoms with Crippen LogP contribution in [0.2, 0.25) is 0 Å². The number of methoxy groups -OCH3 is 1. The molecule has 0 aromatic carbocycles. The molecule has 0 N–H and O–H groups in total. The van der Waals surface area contributed by atoms with Crippen LogP contribution in [0.4, 0.5) is 0 Å². The molecule has 7 heteroatoms. The minimum absolute atomic E-state index is 0.0535. The van der Waals surface area contributed by atoms with E-state index in [0.29, 0.717) is 0 Å². The molecule has 21 heavy (non-hydrogen) atoms. The molecular formula is C14H21NO4S2. The Bertz CT molecular complexity index is 617. The summed E-state index contributed by atoms with van der Waals surface area (Å²) in [4.78, 5) is 12.0. The first-order valence-electron chi connectivity index (χ1n) is 7.00. The van der Waals surface area contributed by atoms with Crippen molar-refractivity contribution in [2.75, 3.05) is 7.11 Å². The van der Waals surface area contributed by atoms with E-state index < -0.39 is 16.0 Å². The Morgan fingerprint density at radius 2 is 2.00 bits per heavy atom. The molecule has 0 aliphatic heterocycles. The number of sulfonamides is 1. The van der Waals surface area contributed by atoms with E-state index >= 15 is 0 Å². The molecule has 1 atom stereocenters. The summed E-state index contributed by atoms with van der Waals surface area (Å²) in [6.07, 6.45) is 1.77. The van der Waals surface area contributed by atoms with Gasteiger partial charge in [-0.3, -0.25) is 0 Å². The molecule has 0 saturated heterocycles.